The number of benzene rings is 1. The third-order valence-corrected chi connectivity index (χ3v) is 6.01. The Kier molecular flexibility index (Phi) is 4.06. The number of ether oxygens (including phenoxy) is 1. The molecule has 3 aromatic rings. The number of aryl methyl sites for hydroxylation is 1. The number of hydrogen-bond donors (Lipinski definition) is 1. The van der Waals surface area contributed by atoms with Crippen LogP contribution in [0.2, 0.25) is 0 Å². The number of rotatable bonds is 4. The van der Waals surface area contributed by atoms with Crippen molar-refractivity contribution in [2.75, 3.05) is 13.7 Å². The summed E-state index contributed by atoms with van der Waals surface area (Å²) in [6, 6.07) is 8.15. The molecular formula is C19H23N3OS. The van der Waals surface area contributed by atoms with E-state index in [1.807, 2.05) is 23.5 Å². The van der Waals surface area contributed by atoms with Crippen LogP contribution < -0.4 is 10.5 Å². The van der Waals surface area contributed by atoms with Crippen molar-refractivity contribution < 1.29 is 4.74 Å². The molecule has 1 aliphatic rings. The monoisotopic (exact) mass is 341 g/mol. The molecule has 24 heavy (non-hydrogen) atoms. The second-order valence-electron chi connectivity index (χ2n) is 6.61. The second kappa shape index (κ2) is 6.22. The standard InChI is InChI=1S/C19H23N3OS/c1-12-3-8-15-17(11-12)24-19-21-18(16(9-10-20)22(15)19)13-4-6-14(23-2)7-5-13/h4-7,12H,3,8-11,20H2,1-2H3. The first kappa shape index (κ1) is 15.7. The Balaban J connectivity index is 1.86. The Morgan fingerprint density at radius 1 is 1.33 bits per heavy atom. The quantitative estimate of drug-likeness (QED) is 0.787. The average Bonchev–Trinajstić information content (AvgIpc) is 3.11. The fourth-order valence-electron chi connectivity index (χ4n) is 3.63. The molecule has 126 valence electrons. The van der Waals surface area contributed by atoms with Gasteiger partial charge in [-0.3, -0.25) is 4.40 Å². The third kappa shape index (κ3) is 2.52. The Bertz CT molecular complexity index is 863. The molecule has 0 saturated carbocycles. The Labute approximate surface area is 146 Å². The zero-order chi connectivity index (χ0) is 16.7. The topological polar surface area (TPSA) is 52.5 Å². The van der Waals surface area contributed by atoms with Gasteiger partial charge in [0, 0.05) is 22.6 Å². The molecular weight excluding hydrogens is 318 g/mol. The van der Waals surface area contributed by atoms with Gasteiger partial charge in [0.05, 0.1) is 18.5 Å². The number of methoxy groups -OCH3 is 1. The SMILES string of the molecule is COc1ccc(-c2nc3sc4c(n3c2CCN)CCC(C)C4)cc1. The van der Waals surface area contributed by atoms with Crippen molar-refractivity contribution in [1.82, 2.24) is 9.38 Å². The lowest BCUT2D eigenvalue weighted by Crippen LogP contribution is -2.13. The van der Waals surface area contributed by atoms with Crippen molar-refractivity contribution in [3.8, 4) is 17.0 Å². The van der Waals surface area contributed by atoms with Gasteiger partial charge in [-0.05, 0) is 56.0 Å². The normalized spacial score (nSPS) is 17.2. The Morgan fingerprint density at radius 2 is 2.12 bits per heavy atom. The molecule has 0 bridgehead atoms. The van der Waals surface area contributed by atoms with Crippen LogP contribution in [0, 0.1) is 5.92 Å². The second-order valence-corrected chi connectivity index (χ2v) is 7.67. The third-order valence-electron chi connectivity index (χ3n) is 4.90. The lowest BCUT2D eigenvalue weighted by molar-refractivity contribution is 0.415. The number of imidazole rings is 1. The molecule has 4 rings (SSSR count). The first-order valence-electron chi connectivity index (χ1n) is 8.57. The highest BCUT2D eigenvalue weighted by Crippen LogP contribution is 2.36. The van der Waals surface area contributed by atoms with Crippen molar-refractivity contribution in [2.24, 2.45) is 11.7 Å². The summed E-state index contributed by atoms with van der Waals surface area (Å²) in [7, 11) is 1.69. The predicted octanol–water partition coefficient (Wildman–Crippen LogP) is 3.70. The summed E-state index contributed by atoms with van der Waals surface area (Å²) in [4.78, 5) is 7.60. The number of nitrogens with two attached hydrogens (primary N) is 1. The maximum Gasteiger partial charge on any atom is 0.194 e. The Morgan fingerprint density at radius 3 is 2.83 bits per heavy atom. The van der Waals surface area contributed by atoms with Gasteiger partial charge in [0.1, 0.15) is 5.75 Å². The number of hydrogen-bond acceptors (Lipinski definition) is 4. The molecule has 5 heteroatoms. The van der Waals surface area contributed by atoms with E-state index in [0.717, 1.165) is 40.7 Å². The van der Waals surface area contributed by atoms with Gasteiger partial charge < -0.3 is 10.5 Å². The number of fused-ring (bicyclic) bond motifs is 3. The van der Waals surface area contributed by atoms with Gasteiger partial charge in [0.15, 0.2) is 4.96 Å². The van der Waals surface area contributed by atoms with Crippen LogP contribution >= 0.6 is 11.3 Å². The van der Waals surface area contributed by atoms with E-state index in [9.17, 15) is 0 Å². The van der Waals surface area contributed by atoms with E-state index in [1.165, 1.54) is 29.1 Å². The van der Waals surface area contributed by atoms with Crippen molar-refractivity contribution in [3.63, 3.8) is 0 Å². The van der Waals surface area contributed by atoms with Crippen LogP contribution in [0.25, 0.3) is 16.2 Å². The van der Waals surface area contributed by atoms with Gasteiger partial charge in [-0.2, -0.15) is 0 Å². The van der Waals surface area contributed by atoms with Crippen LogP contribution in [0.3, 0.4) is 0 Å². The van der Waals surface area contributed by atoms with Gasteiger partial charge in [-0.15, -0.1) is 11.3 Å². The molecule has 1 unspecified atom stereocenters. The van der Waals surface area contributed by atoms with E-state index >= 15 is 0 Å². The lowest BCUT2D eigenvalue weighted by Gasteiger charge is -2.18. The van der Waals surface area contributed by atoms with Crippen molar-refractivity contribution in [1.29, 1.82) is 0 Å². The first-order chi connectivity index (χ1) is 11.7. The number of thiazole rings is 1. The molecule has 0 amide bonds. The van der Waals surface area contributed by atoms with E-state index < -0.39 is 0 Å². The molecule has 0 fully saturated rings. The van der Waals surface area contributed by atoms with Crippen LogP contribution in [0.1, 0.15) is 29.6 Å². The van der Waals surface area contributed by atoms with Crippen LogP contribution in [0.4, 0.5) is 0 Å². The fraction of sp³-hybridized carbons (Fsp3) is 0.421. The molecule has 1 aliphatic carbocycles. The van der Waals surface area contributed by atoms with Crippen LogP contribution in [0.5, 0.6) is 5.75 Å². The minimum Gasteiger partial charge on any atom is -0.497 e. The van der Waals surface area contributed by atoms with Crippen LogP contribution in [-0.2, 0) is 19.3 Å². The zero-order valence-electron chi connectivity index (χ0n) is 14.2. The zero-order valence-corrected chi connectivity index (χ0v) is 15.0. The number of aromatic nitrogens is 2. The van der Waals surface area contributed by atoms with E-state index in [4.69, 9.17) is 15.5 Å². The van der Waals surface area contributed by atoms with E-state index in [-0.39, 0.29) is 0 Å². The van der Waals surface area contributed by atoms with E-state index in [0.29, 0.717) is 6.54 Å². The molecule has 0 saturated heterocycles. The van der Waals surface area contributed by atoms with Gasteiger partial charge in [-0.25, -0.2) is 4.98 Å². The minimum absolute atomic E-state index is 0.637. The minimum atomic E-state index is 0.637. The highest BCUT2D eigenvalue weighted by atomic mass is 32.1. The molecule has 0 spiro atoms. The molecule has 2 N–H and O–H groups in total. The summed E-state index contributed by atoms with van der Waals surface area (Å²) in [5.74, 6) is 1.64. The molecule has 0 aliphatic heterocycles. The summed E-state index contributed by atoms with van der Waals surface area (Å²) < 4.78 is 7.65. The predicted molar refractivity (Wildman–Crippen MR) is 99.0 cm³/mol. The molecule has 2 heterocycles. The van der Waals surface area contributed by atoms with Crippen molar-refractivity contribution in [2.45, 2.75) is 32.6 Å². The van der Waals surface area contributed by atoms with E-state index in [1.54, 1.807) is 7.11 Å². The molecule has 0 radical (unpaired) electrons. The molecule has 2 aromatic heterocycles. The summed E-state index contributed by atoms with van der Waals surface area (Å²) in [5, 5.41) is 0. The number of nitrogens with zero attached hydrogens (tertiary/aromatic N) is 2. The van der Waals surface area contributed by atoms with Crippen LogP contribution in [-0.4, -0.2) is 23.0 Å². The molecule has 4 nitrogen and oxygen atoms in total. The van der Waals surface area contributed by atoms with Crippen molar-refractivity contribution in [3.05, 3.63) is 40.5 Å². The van der Waals surface area contributed by atoms with Gasteiger partial charge in [-0.1, -0.05) is 6.92 Å². The highest BCUT2D eigenvalue weighted by Gasteiger charge is 2.25. The summed E-state index contributed by atoms with van der Waals surface area (Å²) in [5.41, 5.74) is 10.8. The molecule has 1 aromatic carbocycles. The van der Waals surface area contributed by atoms with Crippen LogP contribution in [0.15, 0.2) is 24.3 Å². The maximum absolute atomic E-state index is 5.91. The average molecular weight is 341 g/mol. The van der Waals surface area contributed by atoms with Crippen molar-refractivity contribution >= 4 is 16.3 Å². The largest absolute Gasteiger partial charge is 0.497 e. The maximum atomic E-state index is 5.91. The van der Waals surface area contributed by atoms with Gasteiger partial charge >= 0.3 is 0 Å². The summed E-state index contributed by atoms with van der Waals surface area (Å²) in [6.07, 6.45) is 4.44. The lowest BCUT2D eigenvalue weighted by atomic mass is 9.93. The van der Waals surface area contributed by atoms with Gasteiger partial charge in [0.25, 0.3) is 0 Å². The fourth-order valence-corrected chi connectivity index (χ4v) is 4.98. The van der Waals surface area contributed by atoms with Gasteiger partial charge in [0.2, 0.25) is 0 Å². The van der Waals surface area contributed by atoms with E-state index in [2.05, 4.69) is 23.5 Å². The summed E-state index contributed by atoms with van der Waals surface area (Å²) in [6.45, 7) is 2.98. The smallest absolute Gasteiger partial charge is 0.194 e. The molecule has 1 atom stereocenters. The highest BCUT2D eigenvalue weighted by molar-refractivity contribution is 7.17. The summed E-state index contributed by atoms with van der Waals surface area (Å²) >= 11 is 1.85. The first-order valence-corrected chi connectivity index (χ1v) is 9.39. The Hall–Kier alpha value is -1.85.